The van der Waals surface area contributed by atoms with Crippen LogP contribution in [0.3, 0.4) is 0 Å². The molecule has 8 rings (SSSR count). The summed E-state index contributed by atoms with van der Waals surface area (Å²) in [5.74, 6) is -0.731. The van der Waals surface area contributed by atoms with Crippen LogP contribution >= 0.6 is 22.7 Å². The van der Waals surface area contributed by atoms with Crippen LogP contribution in [-0.4, -0.2) is 74.2 Å². The molecule has 12 heteroatoms. The van der Waals surface area contributed by atoms with E-state index < -0.39 is 6.10 Å². The van der Waals surface area contributed by atoms with Crippen molar-refractivity contribution in [1.29, 1.82) is 0 Å². The van der Waals surface area contributed by atoms with Crippen LogP contribution in [0, 0.1) is 0 Å². The van der Waals surface area contributed by atoms with Crippen molar-refractivity contribution in [2.45, 2.75) is 6.10 Å². The molecule has 0 aliphatic heterocycles. The summed E-state index contributed by atoms with van der Waals surface area (Å²) in [4.78, 5) is 50.5. The number of amides is 4. The van der Waals surface area contributed by atoms with Crippen molar-refractivity contribution in [2.75, 3.05) is 39.4 Å². The number of thiophene rings is 2. The first-order valence-electron chi connectivity index (χ1n) is 20.5. The molecule has 2 aromatic heterocycles. The number of hydrogen-bond donors (Lipinski definition) is 5. The van der Waals surface area contributed by atoms with Crippen molar-refractivity contribution < 1.29 is 29.0 Å². The number of ether oxygens (including phenoxy) is 1. The monoisotopic (exact) mass is 874 g/mol. The minimum atomic E-state index is -0.883. The minimum absolute atomic E-state index is 0.0476. The Bertz CT molecular complexity index is 2690. The van der Waals surface area contributed by atoms with Crippen LogP contribution in [0.1, 0.15) is 40.1 Å². The highest BCUT2D eigenvalue weighted by molar-refractivity contribution is 7.21. The van der Waals surface area contributed by atoms with Crippen LogP contribution in [-0.2, 0) is 4.74 Å². The van der Waals surface area contributed by atoms with Crippen molar-refractivity contribution in [3.63, 3.8) is 0 Å². The molecule has 0 saturated carbocycles. The molecule has 5 N–H and O–H groups in total. The van der Waals surface area contributed by atoms with E-state index in [1.165, 1.54) is 22.7 Å². The van der Waals surface area contributed by atoms with E-state index in [-0.39, 0.29) is 36.7 Å². The van der Waals surface area contributed by atoms with E-state index in [2.05, 4.69) is 21.3 Å². The van der Waals surface area contributed by atoms with Crippen molar-refractivity contribution in [2.24, 2.45) is 0 Å². The van der Waals surface area contributed by atoms with Gasteiger partial charge in [-0.15, -0.1) is 22.7 Å². The van der Waals surface area contributed by atoms with Crippen molar-refractivity contribution >= 4 is 66.5 Å². The molecule has 4 amide bonds. The quantitative estimate of drug-likeness (QED) is 0.0614. The Morgan fingerprint density at radius 3 is 1.27 bits per heavy atom. The number of carbonyl (C=O) groups is 4. The summed E-state index contributed by atoms with van der Waals surface area (Å²) in [5.41, 5.74) is 5.43. The summed E-state index contributed by atoms with van der Waals surface area (Å²) in [6.45, 7) is 1.70. The van der Waals surface area contributed by atoms with Crippen LogP contribution in [0.4, 0.5) is 0 Å². The zero-order chi connectivity index (χ0) is 43.8. The maximum Gasteiger partial charge on any atom is 0.261 e. The van der Waals surface area contributed by atoms with E-state index in [4.69, 9.17) is 4.74 Å². The van der Waals surface area contributed by atoms with Crippen molar-refractivity contribution in [1.82, 2.24) is 21.3 Å². The molecule has 1 atom stereocenters. The third-order valence-corrected chi connectivity index (χ3v) is 12.1. The molecule has 318 valence electrons. The standard InChI is InChI=1S/C26H24N2O3S.C25H22N2O3S/c29-25(21-12-10-20(11-13-21)19-6-2-1-3-7-19)27-14-16-31-17-15-28-26(30)24-18-22-8-4-5-9-23(22)32-24;28-21(16-27-25(30)23-14-20-8-4-5-9-22(20)31-23)15-26-24(29)19-12-10-18(11-13-19)17-6-2-1-3-7-17/h1-13,18H,14-17H2,(H,27,29)(H,28,30);1-14,21,28H,15-16H2,(H,26,29)(H,27,30). The van der Waals surface area contributed by atoms with Crippen LogP contribution in [0.15, 0.2) is 170 Å². The fraction of sp³-hybridized carbons (Fsp3) is 0.137. The van der Waals surface area contributed by atoms with E-state index in [1.54, 1.807) is 12.1 Å². The van der Waals surface area contributed by atoms with Crippen LogP contribution in [0.2, 0.25) is 0 Å². The van der Waals surface area contributed by atoms with E-state index in [1.807, 2.05) is 158 Å². The molecular formula is C51H46N4O6S2. The second kappa shape index (κ2) is 22.2. The van der Waals surface area contributed by atoms with Crippen molar-refractivity contribution in [3.8, 4) is 22.3 Å². The van der Waals surface area contributed by atoms with Crippen molar-refractivity contribution in [3.05, 3.63) is 191 Å². The maximum absolute atomic E-state index is 12.3. The lowest BCUT2D eigenvalue weighted by molar-refractivity contribution is 0.0878. The average molecular weight is 875 g/mol. The Morgan fingerprint density at radius 2 is 0.810 bits per heavy atom. The molecule has 0 bridgehead atoms. The zero-order valence-electron chi connectivity index (χ0n) is 34.3. The third kappa shape index (κ3) is 12.6. The lowest BCUT2D eigenvalue weighted by Gasteiger charge is -2.13. The summed E-state index contributed by atoms with van der Waals surface area (Å²) < 4.78 is 7.65. The Balaban J connectivity index is 0.000000189. The molecule has 0 saturated heterocycles. The van der Waals surface area contributed by atoms with Gasteiger partial charge in [-0.25, -0.2) is 0 Å². The largest absolute Gasteiger partial charge is 0.389 e. The lowest BCUT2D eigenvalue weighted by atomic mass is 10.0. The summed E-state index contributed by atoms with van der Waals surface area (Å²) in [5, 5.41) is 23.4. The molecule has 0 aliphatic carbocycles. The first kappa shape index (κ1) is 44.1. The molecule has 63 heavy (non-hydrogen) atoms. The fourth-order valence-electron chi connectivity index (χ4n) is 6.52. The Labute approximate surface area is 373 Å². The first-order chi connectivity index (χ1) is 30.8. The second-order valence-electron chi connectivity index (χ2n) is 14.4. The van der Waals surface area contributed by atoms with Gasteiger partial charge < -0.3 is 31.1 Å². The SMILES string of the molecule is O=C(NCC(O)CNC(=O)c1cc2ccccc2s1)c1ccc(-c2ccccc2)cc1.O=C(NCCOCCNC(=O)c1cc2ccccc2s1)c1ccc(-c2ccccc2)cc1. The number of carbonyl (C=O) groups excluding carboxylic acids is 4. The van der Waals surface area contributed by atoms with Gasteiger partial charge in [0.05, 0.1) is 29.1 Å². The average Bonchev–Trinajstić information content (AvgIpc) is 3.99. The van der Waals surface area contributed by atoms with E-state index in [0.717, 1.165) is 42.4 Å². The molecule has 0 radical (unpaired) electrons. The highest BCUT2D eigenvalue weighted by Gasteiger charge is 2.14. The van der Waals surface area contributed by atoms with E-state index in [9.17, 15) is 24.3 Å². The topological polar surface area (TPSA) is 146 Å². The highest BCUT2D eigenvalue weighted by Crippen LogP contribution is 2.26. The number of aliphatic hydroxyl groups excluding tert-OH is 1. The number of fused-ring (bicyclic) bond motifs is 2. The van der Waals surface area contributed by atoms with Gasteiger partial charge in [-0.3, -0.25) is 19.2 Å². The zero-order valence-corrected chi connectivity index (χ0v) is 35.9. The number of rotatable bonds is 16. The maximum atomic E-state index is 12.3. The Hall–Kier alpha value is -6.96. The molecule has 6 aromatic carbocycles. The minimum Gasteiger partial charge on any atom is -0.389 e. The molecule has 0 spiro atoms. The van der Waals surface area contributed by atoms with Gasteiger partial charge in [0.2, 0.25) is 0 Å². The van der Waals surface area contributed by atoms with Crippen LogP contribution in [0.5, 0.6) is 0 Å². The van der Waals surface area contributed by atoms with E-state index >= 15 is 0 Å². The molecule has 10 nitrogen and oxygen atoms in total. The number of aliphatic hydroxyl groups is 1. The van der Waals surface area contributed by atoms with Gasteiger partial charge >= 0.3 is 0 Å². The summed E-state index contributed by atoms with van der Waals surface area (Å²) in [7, 11) is 0. The molecule has 8 aromatic rings. The number of hydrogen-bond acceptors (Lipinski definition) is 8. The predicted octanol–water partition coefficient (Wildman–Crippen LogP) is 8.83. The van der Waals surface area contributed by atoms with Crippen LogP contribution < -0.4 is 21.3 Å². The first-order valence-corrected chi connectivity index (χ1v) is 22.1. The fourth-order valence-corrected chi connectivity index (χ4v) is 8.48. The normalized spacial score (nSPS) is 11.3. The number of benzene rings is 6. The lowest BCUT2D eigenvalue weighted by Crippen LogP contribution is -2.39. The van der Waals surface area contributed by atoms with Gasteiger partial charge in [0.25, 0.3) is 23.6 Å². The van der Waals surface area contributed by atoms with Gasteiger partial charge in [0, 0.05) is 46.7 Å². The summed E-state index contributed by atoms with van der Waals surface area (Å²) in [6, 6.07) is 54.3. The Kier molecular flexibility index (Phi) is 15.6. The second-order valence-corrected chi connectivity index (χ2v) is 16.5. The van der Waals surface area contributed by atoms with E-state index in [0.29, 0.717) is 47.2 Å². The summed E-state index contributed by atoms with van der Waals surface area (Å²) in [6.07, 6.45) is -0.883. The molecule has 0 aliphatic rings. The molecule has 0 fully saturated rings. The van der Waals surface area contributed by atoms with Gasteiger partial charge in [0.1, 0.15) is 0 Å². The van der Waals surface area contributed by atoms with Gasteiger partial charge in [0.15, 0.2) is 0 Å². The third-order valence-electron chi connectivity index (χ3n) is 9.87. The predicted molar refractivity (Wildman–Crippen MR) is 254 cm³/mol. The molecule has 2 heterocycles. The molecular weight excluding hydrogens is 829 g/mol. The Morgan fingerprint density at radius 1 is 0.444 bits per heavy atom. The highest BCUT2D eigenvalue weighted by atomic mass is 32.1. The summed E-state index contributed by atoms with van der Waals surface area (Å²) >= 11 is 2.89. The smallest absolute Gasteiger partial charge is 0.261 e. The van der Waals surface area contributed by atoms with Crippen LogP contribution in [0.25, 0.3) is 42.4 Å². The van der Waals surface area contributed by atoms with Gasteiger partial charge in [-0.1, -0.05) is 121 Å². The van der Waals surface area contributed by atoms with Gasteiger partial charge in [-0.2, -0.15) is 0 Å². The number of nitrogens with one attached hydrogen (secondary N) is 4. The molecule has 1 unspecified atom stereocenters. The van der Waals surface area contributed by atoms with Gasteiger partial charge in [-0.05, 0) is 81.6 Å².